The van der Waals surface area contributed by atoms with Gasteiger partial charge in [-0.1, -0.05) is 47.0 Å². The van der Waals surface area contributed by atoms with Crippen LogP contribution in [0.2, 0.25) is 0 Å². The smallest absolute Gasteiger partial charge is 0.335 e. The number of unbranched alkanes of at least 4 members (excludes halogenated alkanes) is 3. The molecule has 0 bridgehead atoms. The van der Waals surface area contributed by atoms with E-state index in [2.05, 4.69) is 6.92 Å². The zero-order valence-corrected chi connectivity index (χ0v) is 11.1. The van der Waals surface area contributed by atoms with Crippen LogP contribution in [0.5, 0.6) is 0 Å². The molecule has 3 nitrogen and oxygen atoms in total. The first-order valence-corrected chi connectivity index (χ1v) is 6.30. The van der Waals surface area contributed by atoms with E-state index in [1.165, 1.54) is 12.8 Å². The Labute approximate surface area is 99.2 Å². The topological polar surface area (TPSA) is 46.5 Å². The van der Waals surface area contributed by atoms with E-state index in [0.29, 0.717) is 6.61 Å². The van der Waals surface area contributed by atoms with Gasteiger partial charge >= 0.3 is 5.97 Å². The van der Waals surface area contributed by atoms with Crippen molar-refractivity contribution >= 4 is 5.97 Å². The Kier molecular flexibility index (Phi) is 7.39. The molecule has 0 amide bonds. The fraction of sp³-hybridized carbons (Fsp3) is 0.923. The summed E-state index contributed by atoms with van der Waals surface area (Å²) in [7, 11) is 0. The predicted molar refractivity (Wildman–Crippen MR) is 65.2 cm³/mol. The minimum Gasteiger partial charge on any atom is -0.464 e. The third-order valence-electron chi connectivity index (χ3n) is 3.12. The van der Waals surface area contributed by atoms with Crippen molar-refractivity contribution in [2.45, 2.75) is 65.9 Å². The molecule has 1 unspecified atom stereocenters. The van der Waals surface area contributed by atoms with Crippen molar-refractivity contribution in [3.63, 3.8) is 0 Å². The maximum Gasteiger partial charge on any atom is 0.335 e. The lowest BCUT2D eigenvalue weighted by molar-refractivity contribution is -0.160. The fourth-order valence-corrected chi connectivity index (χ4v) is 1.29. The molecule has 16 heavy (non-hydrogen) atoms. The summed E-state index contributed by atoms with van der Waals surface area (Å²) in [6.45, 7) is 8.26. The highest BCUT2D eigenvalue weighted by Gasteiger charge is 2.32. The first-order valence-electron chi connectivity index (χ1n) is 6.30. The summed E-state index contributed by atoms with van der Waals surface area (Å²) in [5.41, 5.74) is -0.402. The van der Waals surface area contributed by atoms with Gasteiger partial charge in [-0.15, -0.1) is 0 Å². The van der Waals surface area contributed by atoms with Crippen LogP contribution in [0.1, 0.15) is 59.8 Å². The lowest BCUT2D eigenvalue weighted by Gasteiger charge is -2.27. The molecule has 0 spiro atoms. The third kappa shape index (κ3) is 5.50. The van der Waals surface area contributed by atoms with Gasteiger partial charge < -0.3 is 9.84 Å². The zero-order valence-electron chi connectivity index (χ0n) is 11.1. The van der Waals surface area contributed by atoms with E-state index in [-0.39, 0.29) is 0 Å². The Hall–Kier alpha value is -0.570. The number of ether oxygens (including phenoxy) is 1. The van der Waals surface area contributed by atoms with Crippen molar-refractivity contribution in [3.05, 3.63) is 0 Å². The van der Waals surface area contributed by atoms with E-state index in [1.807, 2.05) is 20.8 Å². The normalized spacial score (nSPS) is 13.6. The Morgan fingerprint density at radius 3 is 2.38 bits per heavy atom. The molecule has 0 heterocycles. The van der Waals surface area contributed by atoms with Crippen molar-refractivity contribution in [2.24, 2.45) is 5.41 Å². The largest absolute Gasteiger partial charge is 0.464 e. The molecule has 1 N–H and O–H groups in total. The second-order valence-corrected chi connectivity index (χ2v) is 4.97. The third-order valence-corrected chi connectivity index (χ3v) is 3.12. The molecule has 1 atom stereocenters. The van der Waals surface area contributed by atoms with Crippen LogP contribution in [0.15, 0.2) is 0 Å². The molecule has 0 aromatic heterocycles. The van der Waals surface area contributed by atoms with Crippen LogP contribution in [0.25, 0.3) is 0 Å². The van der Waals surface area contributed by atoms with E-state index in [1.54, 1.807) is 0 Å². The lowest BCUT2D eigenvalue weighted by atomic mass is 9.84. The van der Waals surface area contributed by atoms with Crippen LogP contribution < -0.4 is 0 Å². The van der Waals surface area contributed by atoms with Crippen LogP contribution >= 0.6 is 0 Å². The molecule has 0 fully saturated rings. The molecule has 96 valence electrons. The predicted octanol–water partition coefficient (Wildman–Crippen LogP) is 2.91. The maximum atomic E-state index is 11.5. The first kappa shape index (κ1) is 15.4. The average Bonchev–Trinajstić information content (AvgIpc) is 2.27. The molecule has 0 aliphatic carbocycles. The standard InChI is InChI=1S/C13H26O3/c1-5-7-8-9-10-16-12(15)11(14)13(3,4)6-2/h11,14H,5-10H2,1-4H3. The second-order valence-electron chi connectivity index (χ2n) is 4.97. The minimum absolute atomic E-state index is 0.402. The van der Waals surface area contributed by atoms with Crippen LogP contribution in [-0.4, -0.2) is 23.8 Å². The summed E-state index contributed by atoms with van der Waals surface area (Å²) in [4.78, 5) is 11.5. The lowest BCUT2D eigenvalue weighted by Crippen LogP contribution is -2.37. The molecule has 3 heteroatoms. The monoisotopic (exact) mass is 230 g/mol. The number of aliphatic hydroxyl groups is 1. The van der Waals surface area contributed by atoms with Gasteiger partial charge in [0.15, 0.2) is 6.10 Å². The van der Waals surface area contributed by atoms with Gasteiger partial charge in [-0.05, 0) is 12.8 Å². The van der Waals surface area contributed by atoms with Crippen molar-refractivity contribution in [1.29, 1.82) is 0 Å². The van der Waals surface area contributed by atoms with Gasteiger partial charge in [0.1, 0.15) is 0 Å². The number of aliphatic hydroxyl groups excluding tert-OH is 1. The van der Waals surface area contributed by atoms with Crippen LogP contribution in [0, 0.1) is 5.41 Å². The molecule has 0 aromatic carbocycles. The maximum absolute atomic E-state index is 11.5. The SMILES string of the molecule is CCCCCCOC(=O)C(O)C(C)(C)CC. The molecule has 0 saturated carbocycles. The van der Waals surface area contributed by atoms with Gasteiger partial charge in [-0.2, -0.15) is 0 Å². The highest BCUT2D eigenvalue weighted by atomic mass is 16.5. The highest BCUT2D eigenvalue weighted by Crippen LogP contribution is 2.25. The van der Waals surface area contributed by atoms with Gasteiger partial charge in [0.05, 0.1) is 6.61 Å². The van der Waals surface area contributed by atoms with Crippen molar-refractivity contribution in [2.75, 3.05) is 6.61 Å². The first-order chi connectivity index (χ1) is 7.45. The minimum atomic E-state index is -1.01. The molecule has 0 aliphatic heterocycles. The number of rotatable bonds is 8. The Balaban J connectivity index is 3.80. The second kappa shape index (κ2) is 7.66. The summed E-state index contributed by atoms with van der Waals surface area (Å²) >= 11 is 0. The quantitative estimate of drug-likeness (QED) is 0.515. The number of carbonyl (C=O) groups excluding carboxylic acids is 1. The summed E-state index contributed by atoms with van der Waals surface area (Å²) in [5.74, 6) is -0.483. The fourth-order valence-electron chi connectivity index (χ4n) is 1.29. The van der Waals surface area contributed by atoms with E-state index >= 15 is 0 Å². The molecule has 0 rings (SSSR count). The summed E-state index contributed by atoms with van der Waals surface area (Å²) < 4.78 is 5.05. The van der Waals surface area contributed by atoms with Crippen LogP contribution in [0.4, 0.5) is 0 Å². The highest BCUT2D eigenvalue weighted by molar-refractivity contribution is 5.75. The van der Waals surface area contributed by atoms with E-state index in [4.69, 9.17) is 4.74 Å². The number of hydrogen-bond donors (Lipinski definition) is 1. The van der Waals surface area contributed by atoms with Gasteiger partial charge in [-0.25, -0.2) is 4.79 Å². The molecule has 0 aliphatic rings. The number of carbonyl (C=O) groups is 1. The van der Waals surface area contributed by atoms with E-state index in [0.717, 1.165) is 19.3 Å². The molecule has 0 aromatic rings. The van der Waals surface area contributed by atoms with Crippen molar-refractivity contribution in [3.8, 4) is 0 Å². The Morgan fingerprint density at radius 2 is 1.88 bits per heavy atom. The van der Waals surface area contributed by atoms with Gasteiger partial charge in [0.25, 0.3) is 0 Å². The molecular formula is C13H26O3. The molecule has 0 radical (unpaired) electrons. The average molecular weight is 230 g/mol. The summed E-state index contributed by atoms with van der Waals surface area (Å²) in [6, 6.07) is 0. The van der Waals surface area contributed by atoms with Gasteiger partial charge in [0.2, 0.25) is 0 Å². The van der Waals surface area contributed by atoms with Crippen LogP contribution in [0.3, 0.4) is 0 Å². The Morgan fingerprint density at radius 1 is 1.25 bits per heavy atom. The Bertz CT molecular complexity index is 199. The van der Waals surface area contributed by atoms with Crippen molar-refractivity contribution in [1.82, 2.24) is 0 Å². The molecule has 0 saturated heterocycles. The van der Waals surface area contributed by atoms with Gasteiger partial charge in [0, 0.05) is 5.41 Å². The number of esters is 1. The molecular weight excluding hydrogens is 204 g/mol. The van der Waals surface area contributed by atoms with Crippen LogP contribution in [-0.2, 0) is 9.53 Å². The van der Waals surface area contributed by atoms with Gasteiger partial charge in [-0.3, -0.25) is 0 Å². The van der Waals surface area contributed by atoms with E-state index in [9.17, 15) is 9.90 Å². The summed E-state index contributed by atoms with van der Waals surface area (Å²) in [6.07, 6.45) is 4.04. The van der Waals surface area contributed by atoms with E-state index < -0.39 is 17.5 Å². The number of hydrogen-bond acceptors (Lipinski definition) is 3. The summed E-state index contributed by atoms with van der Waals surface area (Å²) in [5, 5.41) is 9.77. The zero-order chi connectivity index (χ0) is 12.6. The van der Waals surface area contributed by atoms with Crippen molar-refractivity contribution < 1.29 is 14.6 Å².